The first-order valence-electron chi connectivity index (χ1n) is 5.14. The van der Waals surface area contributed by atoms with Gasteiger partial charge in [-0.2, -0.15) is 0 Å². The predicted octanol–water partition coefficient (Wildman–Crippen LogP) is 4.12. The van der Waals surface area contributed by atoms with Crippen molar-refractivity contribution in [3.8, 4) is 5.75 Å². The Balaban J connectivity index is 2.23. The van der Waals surface area contributed by atoms with Gasteiger partial charge >= 0.3 is 0 Å². The molecule has 0 aromatic heterocycles. The molecule has 2 rings (SSSR count). The topological polar surface area (TPSA) is 9.23 Å². The summed E-state index contributed by atoms with van der Waals surface area (Å²) in [7, 11) is 1.70. The van der Waals surface area contributed by atoms with Crippen LogP contribution in [0.1, 0.15) is 37.2 Å². The molecule has 1 aromatic carbocycles. The highest BCUT2D eigenvalue weighted by Gasteiger charge is 2.17. The van der Waals surface area contributed by atoms with Crippen LogP contribution in [0.25, 0.3) is 0 Å². The largest absolute Gasteiger partial charge is 0.496 e. The van der Waals surface area contributed by atoms with E-state index in [2.05, 4.69) is 34.1 Å². The van der Waals surface area contributed by atoms with Gasteiger partial charge in [0.05, 0.1) is 11.6 Å². The Bertz CT molecular complexity index is 316. The molecule has 1 fully saturated rings. The van der Waals surface area contributed by atoms with Gasteiger partial charge in [-0.3, -0.25) is 0 Å². The zero-order chi connectivity index (χ0) is 9.97. The van der Waals surface area contributed by atoms with E-state index < -0.39 is 0 Å². The van der Waals surface area contributed by atoms with E-state index in [-0.39, 0.29) is 0 Å². The molecule has 2 heteroatoms. The van der Waals surface area contributed by atoms with E-state index in [1.165, 1.54) is 31.2 Å². The summed E-state index contributed by atoms with van der Waals surface area (Å²) in [4.78, 5) is 0. The SMILES string of the molecule is COc1ccc(C2CCCC2)cc1Br. The molecule has 1 aliphatic carbocycles. The minimum atomic E-state index is 0.775. The van der Waals surface area contributed by atoms with E-state index in [1.54, 1.807) is 7.11 Å². The monoisotopic (exact) mass is 254 g/mol. The maximum absolute atomic E-state index is 5.22. The molecule has 0 unspecified atom stereocenters. The van der Waals surface area contributed by atoms with Crippen LogP contribution in [0.2, 0.25) is 0 Å². The Morgan fingerprint density at radius 3 is 2.57 bits per heavy atom. The Morgan fingerprint density at radius 2 is 2.00 bits per heavy atom. The van der Waals surface area contributed by atoms with Crippen LogP contribution in [0.15, 0.2) is 22.7 Å². The maximum atomic E-state index is 5.22. The normalized spacial score (nSPS) is 17.3. The third kappa shape index (κ3) is 1.95. The molecule has 0 spiro atoms. The Hall–Kier alpha value is -0.500. The lowest BCUT2D eigenvalue weighted by atomic mass is 9.98. The molecule has 14 heavy (non-hydrogen) atoms. The van der Waals surface area contributed by atoms with Crippen molar-refractivity contribution in [2.24, 2.45) is 0 Å². The second kappa shape index (κ2) is 4.35. The van der Waals surface area contributed by atoms with E-state index in [0.29, 0.717) is 0 Å². The highest BCUT2D eigenvalue weighted by Crippen LogP contribution is 2.37. The highest BCUT2D eigenvalue weighted by atomic mass is 79.9. The van der Waals surface area contributed by atoms with Gasteiger partial charge in [0.2, 0.25) is 0 Å². The van der Waals surface area contributed by atoms with E-state index in [4.69, 9.17) is 4.74 Å². The standard InChI is InChI=1S/C12H15BrO/c1-14-12-7-6-10(8-11(12)13)9-4-2-3-5-9/h6-9H,2-5H2,1H3. The lowest BCUT2D eigenvalue weighted by Crippen LogP contribution is -1.93. The molecule has 0 N–H and O–H groups in total. The molecular formula is C12H15BrO. The number of halogens is 1. The molecule has 0 radical (unpaired) electrons. The highest BCUT2D eigenvalue weighted by molar-refractivity contribution is 9.10. The second-order valence-electron chi connectivity index (χ2n) is 3.88. The van der Waals surface area contributed by atoms with Crippen molar-refractivity contribution in [3.63, 3.8) is 0 Å². The summed E-state index contributed by atoms with van der Waals surface area (Å²) in [6, 6.07) is 6.45. The van der Waals surface area contributed by atoms with Crippen molar-refractivity contribution in [1.82, 2.24) is 0 Å². The number of hydrogen-bond acceptors (Lipinski definition) is 1. The van der Waals surface area contributed by atoms with Crippen molar-refractivity contribution in [2.45, 2.75) is 31.6 Å². The van der Waals surface area contributed by atoms with Gasteiger partial charge in [0.25, 0.3) is 0 Å². The molecular weight excluding hydrogens is 240 g/mol. The summed E-state index contributed by atoms with van der Waals surface area (Å²) < 4.78 is 6.29. The average Bonchev–Trinajstić information content (AvgIpc) is 2.70. The van der Waals surface area contributed by atoms with Gasteiger partial charge in [0.15, 0.2) is 0 Å². The molecule has 1 aromatic rings. The first kappa shape index (κ1) is 10.0. The van der Waals surface area contributed by atoms with Crippen LogP contribution in [0.5, 0.6) is 5.75 Å². The average molecular weight is 255 g/mol. The quantitative estimate of drug-likeness (QED) is 0.772. The zero-order valence-corrected chi connectivity index (χ0v) is 10.0. The van der Waals surface area contributed by atoms with Crippen LogP contribution in [0, 0.1) is 0 Å². The third-order valence-electron chi connectivity index (χ3n) is 3.00. The van der Waals surface area contributed by atoms with Gasteiger partial charge in [-0.1, -0.05) is 18.9 Å². The zero-order valence-electron chi connectivity index (χ0n) is 8.42. The Labute approximate surface area is 93.6 Å². The van der Waals surface area contributed by atoms with Gasteiger partial charge in [0.1, 0.15) is 5.75 Å². The first-order valence-corrected chi connectivity index (χ1v) is 5.94. The summed E-state index contributed by atoms with van der Waals surface area (Å²) in [6.07, 6.45) is 5.46. The summed E-state index contributed by atoms with van der Waals surface area (Å²) >= 11 is 3.53. The molecule has 0 bridgehead atoms. The molecule has 0 heterocycles. The van der Waals surface area contributed by atoms with Crippen LogP contribution in [-0.4, -0.2) is 7.11 Å². The Morgan fingerprint density at radius 1 is 1.29 bits per heavy atom. The van der Waals surface area contributed by atoms with Crippen molar-refractivity contribution >= 4 is 15.9 Å². The summed E-state index contributed by atoms with van der Waals surface area (Å²) in [5.74, 6) is 1.70. The number of rotatable bonds is 2. The Kier molecular flexibility index (Phi) is 3.12. The first-order chi connectivity index (χ1) is 6.81. The van der Waals surface area contributed by atoms with E-state index >= 15 is 0 Å². The van der Waals surface area contributed by atoms with Gasteiger partial charge in [0, 0.05) is 0 Å². The molecule has 0 aliphatic heterocycles. The number of ether oxygens (including phenoxy) is 1. The van der Waals surface area contributed by atoms with Crippen LogP contribution in [-0.2, 0) is 0 Å². The number of benzene rings is 1. The van der Waals surface area contributed by atoms with Crippen LogP contribution < -0.4 is 4.74 Å². The molecule has 0 saturated heterocycles. The third-order valence-corrected chi connectivity index (χ3v) is 3.62. The van der Waals surface area contributed by atoms with E-state index in [1.807, 2.05) is 0 Å². The maximum Gasteiger partial charge on any atom is 0.133 e. The van der Waals surface area contributed by atoms with Crippen LogP contribution >= 0.6 is 15.9 Å². The number of hydrogen-bond donors (Lipinski definition) is 0. The van der Waals surface area contributed by atoms with Crippen molar-refractivity contribution < 1.29 is 4.74 Å². The summed E-state index contributed by atoms with van der Waals surface area (Å²) in [5.41, 5.74) is 1.45. The fourth-order valence-electron chi connectivity index (χ4n) is 2.20. The smallest absolute Gasteiger partial charge is 0.133 e. The number of methoxy groups -OCH3 is 1. The molecule has 0 amide bonds. The molecule has 76 valence electrons. The summed E-state index contributed by atoms with van der Waals surface area (Å²) in [6.45, 7) is 0. The fourth-order valence-corrected chi connectivity index (χ4v) is 2.75. The lowest BCUT2D eigenvalue weighted by Gasteiger charge is -2.11. The van der Waals surface area contributed by atoms with E-state index in [0.717, 1.165) is 16.1 Å². The van der Waals surface area contributed by atoms with Crippen molar-refractivity contribution in [1.29, 1.82) is 0 Å². The van der Waals surface area contributed by atoms with Crippen LogP contribution in [0.3, 0.4) is 0 Å². The second-order valence-corrected chi connectivity index (χ2v) is 4.73. The molecule has 0 atom stereocenters. The minimum Gasteiger partial charge on any atom is -0.496 e. The van der Waals surface area contributed by atoms with Gasteiger partial charge in [-0.15, -0.1) is 0 Å². The van der Waals surface area contributed by atoms with Crippen LogP contribution in [0.4, 0.5) is 0 Å². The van der Waals surface area contributed by atoms with Gasteiger partial charge in [-0.05, 0) is 52.4 Å². The summed E-state index contributed by atoms with van der Waals surface area (Å²) in [5, 5.41) is 0. The minimum absolute atomic E-state index is 0.775. The van der Waals surface area contributed by atoms with Crippen molar-refractivity contribution in [2.75, 3.05) is 7.11 Å². The van der Waals surface area contributed by atoms with Gasteiger partial charge in [-0.25, -0.2) is 0 Å². The molecule has 1 aliphatic rings. The van der Waals surface area contributed by atoms with Crippen molar-refractivity contribution in [3.05, 3.63) is 28.2 Å². The lowest BCUT2D eigenvalue weighted by molar-refractivity contribution is 0.412. The van der Waals surface area contributed by atoms with Gasteiger partial charge < -0.3 is 4.74 Å². The predicted molar refractivity (Wildman–Crippen MR) is 61.9 cm³/mol. The molecule has 1 nitrogen and oxygen atoms in total. The van der Waals surface area contributed by atoms with E-state index in [9.17, 15) is 0 Å². The molecule has 1 saturated carbocycles. The fraction of sp³-hybridized carbons (Fsp3) is 0.500.